The van der Waals surface area contributed by atoms with E-state index in [1.807, 2.05) is 0 Å². The number of aliphatic hydroxyl groups is 1. The van der Waals surface area contributed by atoms with Gasteiger partial charge in [0, 0.05) is 18.9 Å². The van der Waals surface area contributed by atoms with Crippen LogP contribution in [0.3, 0.4) is 0 Å². The Labute approximate surface area is 88.9 Å². The van der Waals surface area contributed by atoms with E-state index in [4.69, 9.17) is 14.6 Å². The Bertz CT molecular complexity index is 310. The summed E-state index contributed by atoms with van der Waals surface area (Å²) < 4.78 is 10.9. The lowest BCUT2D eigenvalue weighted by Gasteiger charge is -2.10. The number of pyridine rings is 1. The van der Waals surface area contributed by atoms with E-state index >= 15 is 0 Å². The molecular formula is C11H15NO3. The summed E-state index contributed by atoms with van der Waals surface area (Å²) in [6, 6.07) is 3.51. The fourth-order valence-corrected chi connectivity index (χ4v) is 1.58. The number of aliphatic hydroxyl groups excluding tert-OH is 1. The number of rotatable bonds is 4. The molecular weight excluding hydrogens is 194 g/mol. The second-order valence-electron chi connectivity index (χ2n) is 3.61. The summed E-state index contributed by atoms with van der Waals surface area (Å²) >= 11 is 0. The first-order valence-corrected chi connectivity index (χ1v) is 5.18. The largest absolute Gasteiger partial charge is 0.475 e. The topological polar surface area (TPSA) is 51.6 Å². The Balaban J connectivity index is 1.86. The van der Waals surface area contributed by atoms with Gasteiger partial charge < -0.3 is 14.6 Å². The highest BCUT2D eigenvalue weighted by Gasteiger charge is 2.16. The summed E-state index contributed by atoms with van der Waals surface area (Å²) in [7, 11) is 0. The summed E-state index contributed by atoms with van der Waals surface area (Å²) in [6.07, 6.45) is 4.00. The fourth-order valence-electron chi connectivity index (χ4n) is 1.58. The molecule has 1 aromatic rings. The van der Waals surface area contributed by atoms with Gasteiger partial charge in [-0.15, -0.1) is 0 Å². The van der Waals surface area contributed by atoms with Crippen LogP contribution in [0.2, 0.25) is 0 Å². The lowest BCUT2D eigenvalue weighted by molar-refractivity contribution is 0.0662. The summed E-state index contributed by atoms with van der Waals surface area (Å²) in [6.45, 7) is 1.39. The quantitative estimate of drug-likeness (QED) is 0.807. The van der Waals surface area contributed by atoms with E-state index in [1.165, 1.54) is 0 Å². The van der Waals surface area contributed by atoms with Gasteiger partial charge in [0.05, 0.1) is 12.7 Å². The summed E-state index contributed by atoms with van der Waals surface area (Å²) in [4.78, 5) is 4.06. The van der Waals surface area contributed by atoms with Crippen molar-refractivity contribution in [2.24, 2.45) is 0 Å². The van der Waals surface area contributed by atoms with Gasteiger partial charge >= 0.3 is 0 Å². The van der Waals surface area contributed by atoms with Gasteiger partial charge in [-0.2, -0.15) is 0 Å². The molecule has 1 aliphatic heterocycles. The molecule has 2 rings (SSSR count). The standard InChI is InChI=1S/C11H15NO3/c13-7-9-3-4-12-11(6-9)15-8-10-2-1-5-14-10/h3-4,6,10,13H,1-2,5,7-8H2. The Kier molecular flexibility index (Phi) is 3.53. The number of nitrogens with zero attached hydrogens (tertiary/aromatic N) is 1. The molecule has 4 heteroatoms. The molecule has 1 saturated heterocycles. The van der Waals surface area contributed by atoms with Crippen LogP contribution >= 0.6 is 0 Å². The second-order valence-corrected chi connectivity index (χ2v) is 3.61. The van der Waals surface area contributed by atoms with E-state index in [1.54, 1.807) is 18.3 Å². The Hall–Kier alpha value is -1.13. The van der Waals surface area contributed by atoms with E-state index in [9.17, 15) is 0 Å². The smallest absolute Gasteiger partial charge is 0.213 e. The van der Waals surface area contributed by atoms with Gasteiger partial charge in [-0.3, -0.25) is 0 Å². The number of hydrogen-bond acceptors (Lipinski definition) is 4. The molecule has 0 aromatic carbocycles. The predicted octanol–water partition coefficient (Wildman–Crippen LogP) is 1.13. The fraction of sp³-hybridized carbons (Fsp3) is 0.545. The number of hydrogen-bond donors (Lipinski definition) is 1. The molecule has 0 bridgehead atoms. The molecule has 0 aliphatic carbocycles. The minimum Gasteiger partial charge on any atom is -0.475 e. The zero-order valence-corrected chi connectivity index (χ0v) is 8.56. The monoisotopic (exact) mass is 209 g/mol. The van der Waals surface area contributed by atoms with Crippen molar-refractivity contribution in [2.75, 3.05) is 13.2 Å². The van der Waals surface area contributed by atoms with Crippen LogP contribution in [0.15, 0.2) is 18.3 Å². The van der Waals surface area contributed by atoms with E-state index in [-0.39, 0.29) is 12.7 Å². The van der Waals surface area contributed by atoms with Gasteiger partial charge in [-0.25, -0.2) is 4.98 Å². The predicted molar refractivity (Wildman–Crippen MR) is 54.6 cm³/mol. The van der Waals surface area contributed by atoms with Crippen molar-refractivity contribution in [3.05, 3.63) is 23.9 Å². The van der Waals surface area contributed by atoms with Crippen molar-refractivity contribution in [3.63, 3.8) is 0 Å². The van der Waals surface area contributed by atoms with Crippen molar-refractivity contribution in [3.8, 4) is 5.88 Å². The van der Waals surface area contributed by atoms with Crippen LogP contribution in [0.1, 0.15) is 18.4 Å². The first-order chi connectivity index (χ1) is 7.38. The van der Waals surface area contributed by atoms with Crippen molar-refractivity contribution < 1.29 is 14.6 Å². The van der Waals surface area contributed by atoms with E-state index in [0.29, 0.717) is 12.5 Å². The molecule has 1 unspecified atom stereocenters. The third-order valence-electron chi connectivity index (χ3n) is 2.42. The highest BCUT2D eigenvalue weighted by atomic mass is 16.5. The van der Waals surface area contributed by atoms with E-state index in [0.717, 1.165) is 25.0 Å². The maximum atomic E-state index is 8.93. The Morgan fingerprint density at radius 3 is 3.27 bits per heavy atom. The molecule has 4 nitrogen and oxygen atoms in total. The third-order valence-corrected chi connectivity index (χ3v) is 2.42. The number of aromatic nitrogens is 1. The molecule has 82 valence electrons. The molecule has 2 heterocycles. The minimum absolute atomic E-state index is 0.0127. The zero-order valence-electron chi connectivity index (χ0n) is 8.56. The molecule has 0 amide bonds. The van der Waals surface area contributed by atoms with Gasteiger partial charge in [0.15, 0.2) is 0 Å². The highest BCUT2D eigenvalue weighted by Crippen LogP contribution is 2.14. The van der Waals surface area contributed by atoms with Crippen molar-refractivity contribution in [2.45, 2.75) is 25.6 Å². The Morgan fingerprint density at radius 2 is 2.53 bits per heavy atom. The molecule has 1 fully saturated rings. The van der Waals surface area contributed by atoms with Crippen LogP contribution in [0.25, 0.3) is 0 Å². The van der Waals surface area contributed by atoms with Crippen LogP contribution in [-0.4, -0.2) is 29.4 Å². The summed E-state index contributed by atoms with van der Waals surface area (Å²) in [5.74, 6) is 0.553. The zero-order chi connectivity index (χ0) is 10.5. The first-order valence-electron chi connectivity index (χ1n) is 5.18. The van der Waals surface area contributed by atoms with Crippen LogP contribution < -0.4 is 4.74 Å². The van der Waals surface area contributed by atoms with Crippen molar-refractivity contribution in [1.29, 1.82) is 0 Å². The van der Waals surface area contributed by atoms with Crippen molar-refractivity contribution in [1.82, 2.24) is 4.98 Å². The van der Waals surface area contributed by atoms with Gasteiger partial charge in [-0.05, 0) is 24.5 Å². The Morgan fingerprint density at radius 1 is 1.60 bits per heavy atom. The molecule has 1 atom stereocenters. The van der Waals surface area contributed by atoms with E-state index in [2.05, 4.69) is 4.98 Å². The average Bonchev–Trinajstić information content (AvgIpc) is 2.79. The van der Waals surface area contributed by atoms with Gasteiger partial charge in [0.1, 0.15) is 6.61 Å². The lowest BCUT2D eigenvalue weighted by Crippen LogP contribution is -2.16. The molecule has 0 spiro atoms. The maximum Gasteiger partial charge on any atom is 0.213 e. The van der Waals surface area contributed by atoms with Crippen LogP contribution in [-0.2, 0) is 11.3 Å². The van der Waals surface area contributed by atoms with Crippen LogP contribution in [0.5, 0.6) is 5.88 Å². The highest BCUT2D eigenvalue weighted by molar-refractivity contribution is 5.19. The SMILES string of the molecule is OCc1ccnc(OCC2CCCO2)c1. The third kappa shape index (κ3) is 2.91. The molecule has 0 radical (unpaired) electrons. The first kappa shape index (κ1) is 10.4. The molecule has 0 saturated carbocycles. The summed E-state index contributed by atoms with van der Waals surface area (Å²) in [5, 5.41) is 8.93. The maximum absolute atomic E-state index is 8.93. The molecule has 15 heavy (non-hydrogen) atoms. The summed E-state index contributed by atoms with van der Waals surface area (Å²) in [5.41, 5.74) is 0.812. The lowest BCUT2D eigenvalue weighted by atomic mass is 10.2. The molecule has 1 aromatic heterocycles. The molecule has 1 N–H and O–H groups in total. The van der Waals surface area contributed by atoms with Crippen LogP contribution in [0, 0.1) is 0 Å². The van der Waals surface area contributed by atoms with Crippen molar-refractivity contribution >= 4 is 0 Å². The number of ether oxygens (including phenoxy) is 2. The van der Waals surface area contributed by atoms with Crippen LogP contribution in [0.4, 0.5) is 0 Å². The average molecular weight is 209 g/mol. The van der Waals surface area contributed by atoms with E-state index < -0.39 is 0 Å². The molecule has 1 aliphatic rings. The van der Waals surface area contributed by atoms with Gasteiger partial charge in [0.25, 0.3) is 0 Å². The van der Waals surface area contributed by atoms with Gasteiger partial charge in [0.2, 0.25) is 5.88 Å². The minimum atomic E-state index is 0.0127. The normalized spacial score (nSPS) is 20.5. The van der Waals surface area contributed by atoms with Gasteiger partial charge in [-0.1, -0.05) is 0 Å². The second kappa shape index (κ2) is 5.09.